The van der Waals surface area contributed by atoms with Gasteiger partial charge in [-0.3, -0.25) is 4.79 Å². The summed E-state index contributed by atoms with van der Waals surface area (Å²) in [5.41, 5.74) is 4.53. The van der Waals surface area contributed by atoms with Crippen LogP contribution in [0.15, 0.2) is 47.5 Å². The number of hydrogen-bond acceptors (Lipinski definition) is 2. The molecule has 1 amide bonds. The highest BCUT2D eigenvalue weighted by molar-refractivity contribution is 6.15. The van der Waals surface area contributed by atoms with Crippen molar-refractivity contribution in [3.05, 3.63) is 64.7 Å². The second-order valence-electron chi connectivity index (χ2n) is 4.89. The van der Waals surface area contributed by atoms with Crippen LogP contribution in [0, 0.1) is 6.92 Å². The number of hydrogen-bond donors (Lipinski definition) is 0. The van der Waals surface area contributed by atoms with Crippen LogP contribution >= 0.6 is 0 Å². The minimum absolute atomic E-state index is 0.194. The first-order valence-electron chi connectivity index (χ1n) is 6.54. The van der Waals surface area contributed by atoms with Crippen LogP contribution in [0.2, 0.25) is 0 Å². The van der Waals surface area contributed by atoms with Gasteiger partial charge in [0.2, 0.25) is 0 Å². The first-order valence-corrected chi connectivity index (χ1v) is 6.54. The molecule has 0 spiro atoms. The Labute approximate surface area is 117 Å². The molecule has 0 aromatic heterocycles. The number of rotatable bonds is 2. The van der Waals surface area contributed by atoms with Gasteiger partial charge in [0.25, 0.3) is 5.91 Å². The van der Waals surface area contributed by atoms with Crippen LogP contribution in [-0.4, -0.2) is 18.7 Å². The third-order valence-electron chi connectivity index (χ3n) is 3.55. The van der Waals surface area contributed by atoms with E-state index in [1.807, 2.05) is 43.3 Å². The van der Waals surface area contributed by atoms with Crippen molar-refractivity contribution in [3.8, 4) is 5.75 Å². The predicted molar refractivity (Wildman–Crippen MR) is 78.7 cm³/mol. The van der Waals surface area contributed by atoms with Crippen molar-refractivity contribution < 1.29 is 9.53 Å². The summed E-state index contributed by atoms with van der Waals surface area (Å²) in [6, 6.07) is 13.6. The third-order valence-corrected chi connectivity index (χ3v) is 3.55. The second-order valence-corrected chi connectivity index (χ2v) is 4.89. The van der Waals surface area contributed by atoms with E-state index in [1.165, 1.54) is 5.56 Å². The third kappa shape index (κ3) is 2.11. The predicted octanol–water partition coefficient (Wildman–Crippen LogP) is 3.19. The van der Waals surface area contributed by atoms with Crippen molar-refractivity contribution >= 4 is 11.6 Å². The molecule has 3 nitrogen and oxygen atoms in total. The lowest BCUT2D eigenvalue weighted by Crippen LogP contribution is -2.18. The van der Waals surface area contributed by atoms with Crippen molar-refractivity contribution in [1.82, 2.24) is 0 Å². The smallest absolute Gasteiger partial charge is 0.277 e. The van der Waals surface area contributed by atoms with E-state index in [0.717, 1.165) is 22.6 Å². The number of benzene rings is 2. The van der Waals surface area contributed by atoms with Crippen LogP contribution in [0.1, 0.15) is 27.0 Å². The molecular formula is C17H15NO2. The summed E-state index contributed by atoms with van der Waals surface area (Å²) in [6.45, 7) is 2.04. The van der Waals surface area contributed by atoms with Gasteiger partial charge in [0.15, 0.2) is 0 Å². The van der Waals surface area contributed by atoms with Crippen LogP contribution in [-0.2, 0) is 6.42 Å². The maximum atomic E-state index is 12.2. The van der Waals surface area contributed by atoms with E-state index in [-0.39, 0.29) is 5.91 Å². The van der Waals surface area contributed by atoms with E-state index in [9.17, 15) is 4.79 Å². The number of methoxy groups -OCH3 is 1. The van der Waals surface area contributed by atoms with Crippen molar-refractivity contribution in [2.75, 3.05) is 7.11 Å². The van der Waals surface area contributed by atoms with Crippen molar-refractivity contribution in [2.24, 2.45) is 4.99 Å². The molecule has 3 rings (SSSR count). The quantitative estimate of drug-likeness (QED) is 0.836. The number of nitrogens with zero attached hydrogens (tertiary/aromatic N) is 1. The van der Waals surface area contributed by atoms with Crippen molar-refractivity contribution in [2.45, 2.75) is 13.3 Å². The molecule has 0 fully saturated rings. The molecule has 3 heteroatoms. The fraction of sp³-hybridized carbons (Fsp3) is 0.176. The number of ether oxygens (including phenoxy) is 1. The SMILES string of the molecule is COc1cccc2c1CC(c1ccc(C)cc1)=NC2=O. The molecule has 0 saturated heterocycles. The lowest BCUT2D eigenvalue weighted by Gasteiger charge is -2.18. The average molecular weight is 265 g/mol. The first kappa shape index (κ1) is 12.6. The number of carbonyl (C=O) groups is 1. The fourth-order valence-electron chi connectivity index (χ4n) is 2.44. The van der Waals surface area contributed by atoms with Crippen molar-refractivity contribution in [1.29, 1.82) is 0 Å². The molecule has 100 valence electrons. The van der Waals surface area contributed by atoms with Gasteiger partial charge in [-0.2, -0.15) is 0 Å². The van der Waals surface area contributed by atoms with Gasteiger partial charge < -0.3 is 4.74 Å². The second kappa shape index (κ2) is 4.93. The lowest BCUT2D eigenvalue weighted by molar-refractivity contribution is 0.0999. The van der Waals surface area contributed by atoms with Crippen LogP contribution in [0.3, 0.4) is 0 Å². The Morgan fingerprint density at radius 1 is 1.10 bits per heavy atom. The molecule has 0 saturated carbocycles. The molecule has 0 bridgehead atoms. The Morgan fingerprint density at radius 2 is 1.85 bits per heavy atom. The van der Waals surface area contributed by atoms with E-state index in [1.54, 1.807) is 13.2 Å². The largest absolute Gasteiger partial charge is 0.496 e. The van der Waals surface area contributed by atoms with Crippen LogP contribution in [0.25, 0.3) is 0 Å². The molecule has 2 aromatic carbocycles. The summed E-state index contributed by atoms with van der Waals surface area (Å²) < 4.78 is 5.36. The van der Waals surface area contributed by atoms with Crippen LogP contribution < -0.4 is 4.74 Å². The molecule has 1 heterocycles. The van der Waals surface area contributed by atoms with Gasteiger partial charge >= 0.3 is 0 Å². The molecule has 2 aromatic rings. The van der Waals surface area contributed by atoms with Crippen LogP contribution in [0.5, 0.6) is 5.75 Å². The molecule has 20 heavy (non-hydrogen) atoms. The zero-order valence-corrected chi connectivity index (χ0v) is 11.5. The van der Waals surface area contributed by atoms with Crippen molar-refractivity contribution in [3.63, 3.8) is 0 Å². The van der Waals surface area contributed by atoms with E-state index < -0.39 is 0 Å². The average Bonchev–Trinajstić information content (AvgIpc) is 2.47. The number of amides is 1. The van der Waals surface area contributed by atoms with Gasteiger partial charge in [-0.15, -0.1) is 0 Å². The topological polar surface area (TPSA) is 38.7 Å². The van der Waals surface area contributed by atoms with E-state index in [0.29, 0.717) is 12.0 Å². The minimum atomic E-state index is -0.194. The summed E-state index contributed by atoms with van der Waals surface area (Å²) >= 11 is 0. The number of carbonyl (C=O) groups excluding carboxylic acids is 1. The summed E-state index contributed by atoms with van der Waals surface area (Å²) in [7, 11) is 1.62. The molecular weight excluding hydrogens is 250 g/mol. The zero-order chi connectivity index (χ0) is 14.1. The highest BCUT2D eigenvalue weighted by atomic mass is 16.5. The minimum Gasteiger partial charge on any atom is -0.496 e. The van der Waals surface area contributed by atoms with E-state index in [2.05, 4.69) is 4.99 Å². The molecule has 0 unspecified atom stereocenters. The summed E-state index contributed by atoms with van der Waals surface area (Å²) in [5, 5.41) is 0. The van der Waals surface area contributed by atoms with Gasteiger partial charge in [0, 0.05) is 17.5 Å². The van der Waals surface area contributed by atoms with Gasteiger partial charge in [0.05, 0.1) is 12.8 Å². The number of aryl methyl sites for hydroxylation is 1. The molecule has 0 radical (unpaired) electrons. The number of fused-ring (bicyclic) bond motifs is 1. The maximum absolute atomic E-state index is 12.2. The van der Waals surface area contributed by atoms with E-state index in [4.69, 9.17) is 4.74 Å². The Hall–Kier alpha value is -2.42. The summed E-state index contributed by atoms with van der Waals surface area (Å²) in [5.74, 6) is 0.552. The summed E-state index contributed by atoms with van der Waals surface area (Å²) in [4.78, 5) is 16.4. The van der Waals surface area contributed by atoms with Gasteiger partial charge in [0.1, 0.15) is 5.75 Å². The monoisotopic (exact) mass is 265 g/mol. The Balaban J connectivity index is 2.05. The highest BCUT2D eigenvalue weighted by Gasteiger charge is 2.23. The van der Waals surface area contributed by atoms with Gasteiger partial charge in [-0.1, -0.05) is 35.9 Å². The highest BCUT2D eigenvalue weighted by Crippen LogP contribution is 2.28. The normalized spacial score (nSPS) is 13.7. The van der Waals surface area contributed by atoms with Crippen LogP contribution in [0.4, 0.5) is 0 Å². The Morgan fingerprint density at radius 3 is 2.55 bits per heavy atom. The number of aliphatic imine (C=N–C) groups is 1. The Kier molecular flexibility index (Phi) is 3.11. The molecule has 0 aliphatic carbocycles. The Bertz CT molecular complexity index is 699. The maximum Gasteiger partial charge on any atom is 0.277 e. The van der Waals surface area contributed by atoms with Gasteiger partial charge in [-0.05, 0) is 24.6 Å². The molecule has 0 atom stereocenters. The fourth-order valence-corrected chi connectivity index (χ4v) is 2.44. The standard InChI is InChI=1S/C17H15NO2/c1-11-6-8-12(9-7-11)15-10-14-13(17(19)18-15)4-3-5-16(14)20-2/h3-9H,10H2,1-2H3. The molecule has 1 aliphatic heterocycles. The zero-order valence-electron chi connectivity index (χ0n) is 11.5. The summed E-state index contributed by atoms with van der Waals surface area (Å²) in [6.07, 6.45) is 0.619. The molecule has 0 N–H and O–H groups in total. The molecule has 1 aliphatic rings. The van der Waals surface area contributed by atoms with Gasteiger partial charge in [-0.25, -0.2) is 4.99 Å². The lowest BCUT2D eigenvalue weighted by atomic mass is 9.93. The first-order chi connectivity index (χ1) is 9.69. The van der Waals surface area contributed by atoms with E-state index >= 15 is 0 Å².